The van der Waals surface area contributed by atoms with E-state index in [0.29, 0.717) is 24.9 Å². The number of halogens is 3. The number of likely N-dealkylation sites (tertiary alicyclic amines) is 1. The van der Waals surface area contributed by atoms with Crippen LogP contribution in [-0.2, 0) is 15.8 Å². The third kappa shape index (κ3) is 4.90. The molecular weight excluding hydrogens is 357 g/mol. The normalized spacial score (nSPS) is 21.4. The van der Waals surface area contributed by atoms with Crippen molar-refractivity contribution in [2.24, 2.45) is 5.92 Å². The van der Waals surface area contributed by atoms with Crippen LogP contribution in [0, 0.1) is 5.92 Å². The van der Waals surface area contributed by atoms with Gasteiger partial charge < -0.3 is 10.2 Å². The first-order valence-corrected chi connectivity index (χ1v) is 9.25. The zero-order valence-electron chi connectivity index (χ0n) is 15.0. The molecule has 0 unspecified atom stereocenters. The van der Waals surface area contributed by atoms with Crippen molar-refractivity contribution >= 4 is 11.8 Å². The summed E-state index contributed by atoms with van der Waals surface area (Å²) < 4.78 is 39.3. The molecule has 7 heteroatoms. The maximum atomic E-state index is 13.1. The van der Waals surface area contributed by atoms with Gasteiger partial charge in [-0.05, 0) is 43.4 Å². The number of hydrogen-bond acceptors (Lipinski definition) is 2. The second kappa shape index (κ2) is 8.15. The van der Waals surface area contributed by atoms with Crippen LogP contribution >= 0.6 is 0 Å². The van der Waals surface area contributed by atoms with Crippen molar-refractivity contribution in [3.05, 3.63) is 47.5 Å². The van der Waals surface area contributed by atoms with Crippen LogP contribution in [0.3, 0.4) is 0 Å². The van der Waals surface area contributed by atoms with Gasteiger partial charge in [-0.25, -0.2) is 0 Å². The van der Waals surface area contributed by atoms with Crippen LogP contribution in [0.5, 0.6) is 0 Å². The van der Waals surface area contributed by atoms with E-state index in [1.54, 1.807) is 11.0 Å². The Labute approximate surface area is 156 Å². The van der Waals surface area contributed by atoms with Crippen molar-refractivity contribution in [3.63, 3.8) is 0 Å². The van der Waals surface area contributed by atoms with Gasteiger partial charge in [-0.1, -0.05) is 24.3 Å². The molecule has 1 aromatic carbocycles. The second-order valence-corrected chi connectivity index (χ2v) is 7.11. The fourth-order valence-corrected chi connectivity index (χ4v) is 3.60. The Kier molecular flexibility index (Phi) is 5.87. The topological polar surface area (TPSA) is 49.4 Å². The zero-order chi connectivity index (χ0) is 19.4. The van der Waals surface area contributed by atoms with E-state index >= 15 is 0 Å². The maximum absolute atomic E-state index is 13.1. The van der Waals surface area contributed by atoms with E-state index in [-0.39, 0.29) is 24.3 Å². The van der Waals surface area contributed by atoms with Gasteiger partial charge in [-0.15, -0.1) is 0 Å². The molecule has 1 saturated heterocycles. The summed E-state index contributed by atoms with van der Waals surface area (Å²) in [5.41, 5.74) is -0.392. The number of carbonyl (C=O) groups is 2. The molecule has 3 rings (SSSR count). The molecule has 1 aliphatic carbocycles. The van der Waals surface area contributed by atoms with Gasteiger partial charge in [0.1, 0.15) is 0 Å². The molecule has 1 aromatic rings. The van der Waals surface area contributed by atoms with Crippen molar-refractivity contribution in [1.82, 2.24) is 10.2 Å². The number of nitrogens with one attached hydrogen (secondary N) is 1. The van der Waals surface area contributed by atoms with E-state index in [2.05, 4.69) is 5.32 Å². The second-order valence-electron chi connectivity index (χ2n) is 7.11. The minimum absolute atomic E-state index is 0.0261. The van der Waals surface area contributed by atoms with Crippen LogP contribution < -0.4 is 5.32 Å². The van der Waals surface area contributed by atoms with E-state index in [9.17, 15) is 22.8 Å². The average Bonchev–Trinajstić information content (AvgIpc) is 3.06. The molecule has 4 nitrogen and oxygen atoms in total. The predicted octanol–water partition coefficient (Wildman–Crippen LogP) is 3.84. The monoisotopic (exact) mass is 380 g/mol. The van der Waals surface area contributed by atoms with Crippen LogP contribution in [0.25, 0.3) is 0 Å². The molecule has 1 aliphatic heterocycles. The molecule has 2 aliphatic rings. The Bertz CT molecular complexity index is 730. The molecule has 1 heterocycles. The molecule has 1 fully saturated rings. The summed E-state index contributed by atoms with van der Waals surface area (Å²) in [5.74, 6) is -0.382. The highest BCUT2D eigenvalue weighted by atomic mass is 19.4. The number of allylic oxidation sites excluding steroid dienone is 2. The minimum atomic E-state index is -4.46. The summed E-state index contributed by atoms with van der Waals surface area (Å²) in [6.07, 6.45) is 2.86. The Morgan fingerprint density at radius 2 is 2.11 bits per heavy atom. The number of rotatable bonds is 5. The summed E-state index contributed by atoms with van der Waals surface area (Å²) in [6.45, 7) is 0.755. The lowest BCUT2D eigenvalue weighted by molar-refractivity contribution is -0.137. The maximum Gasteiger partial charge on any atom is 0.416 e. The van der Waals surface area contributed by atoms with Gasteiger partial charge in [0.15, 0.2) is 0 Å². The lowest BCUT2D eigenvalue weighted by atomic mass is 9.93. The summed E-state index contributed by atoms with van der Waals surface area (Å²) in [7, 11) is 0. The highest BCUT2D eigenvalue weighted by Crippen LogP contribution is 2.31. The smallest absolute Gasteiger partial charge is 0.347 e. The number of carbonyl (C=O) groups excluding carboxylic acids is 2. The lowest BCUT2D eigenvalue weighted by Gasteiger charge is -2.28. The van der Waals surface area contributed by atoms with Gasteiger partial charge in [0.2, 0.25) is 11.8 Å². The Morgan fingerprint density at radius 1 is 1.30 bits per heavy atom. The highest BCUT2D eigenvalue weighted by Gasteiger charge is 2.32. The van der Waals surface area contributed by atoms with E-state index in [0.717, 1.165) is 31.4 Å². The van der Waals surface area contributed by atoms with Gasteiger partial charge >= 0.3 is 6.18 Å². The minimum Gasteiger partial charge on any atom is -0.347 e. The van der Waals surface area contributed by atoms with Crippen LogP contribution in [0.2, 0.25) is 0 Å². The highest BCUT2D eigenvalue weighted by molar-refractivity contribution is 5.80. The van der Waals surface area contributed by atoms with Crippen LogP contribution in [0.15, 0.2) is 36.4 Å². The quantitative estimate of drug-likeness (QED) is 0.789. The third-order valence-corrected chi connectivity index (χ3v) is 5.15. The Morgan fingerprint density at radius 3 is 2.74 bits per heavy atom. The number of hydrogen-bond donors (Lipinski definition) is 1. The third-order valence-electron chi connectivity index (χ3n) is 5.15. The number of alkyl halides is 3. The fourth-order valence-electron chi connectivity index (χ4n) is 3.60. The largest absolute Gasteiger partial charge is 0.416 e. The fraction of sp³-hybridized carbons (Fsp3) is 0.500. The molecule has 0 bridgehead atoms. The predicted molar refractivity (Wildman–Crippen MR) is 94.6 cm³/mol. The molecule has 0 saturated carbocycles. The van der Waals surface area contributed by atoms with Crippen molar-refractivity contribution in [1.29, 1.82) is 0 Å². The molecule has 27 heavy (non-hydrogen) atoms. The number of amides is 2. The summed E-state index contributed by atoms with van der Waals surface area (Å²) in [4.78, 5) is 26.2. The van der Waals surface area contributed by atoms with Gasteiger partial charge in [0, 0.05) is 25.4 Å². The van der Waals surface area contributed by atoms with Gasteiger partial charge in [0.25, 0.3) is 0 Å². The standard InChI is InChI=1S/C20H23F3N2O2/c21-20(22,23)16-9-4-8-15(12-16)17(13-25-11-5-10-18(25)26)24-19(27)14-6-2-1-3-7-14/h1-2,4,8-9,12,14,17H,3,5-7,10-11,13H2,(H,24,27)/t14-,17+/m0/s1. The van der Waals surface area contributed by atoms with Crippen molar-refractivity contribution in [2.75, 3.05) is 13.1 Å². The van der Waals surface area contributed by atoms with Gasteiger partial charge in [-0.3, -0.25) is 9.59 Å². The zero-order valence-corrected chi connectivity index (χ0v) is 15.0. The molecule has 146 valence electrons. The lowest BCUT2D eigenvalue weighted by Crippen LogP contribution is -2.41. The van der Waals surface area contributed by atoms with Crippen molar-refractivity contribution in [3.8, 4) is 0 Å². The van der Waals surface area contributed by atoms with Gasteiger partial charge in [-0.2, -0.15) is 13.2 Å². The van der Waals surface area contributed by atoms with E-state index in [1.165, 1.54) is 6.07 Å². The molecule has 0 spiro atoms. The molecule has 1 N–H and O–H groups in total. The first-order valence-electron chi connectivity index (χ1n) is 9.25. The SMILES string of the molecule is O=C(N[C@H](CN1CCCC1=O)c1cccc(C(F)(F)F)c1)[C@H]1CC=CCC1. The van der Waals surface area contributed by atoms with Crippen molar-refractivity contribution < 1.29 is 22.8 Å². The first kappa shape index (κ1) is 19.5. The first-order chi connectivity index (χ1) is 12.8. The van der Waals surface area contributed by atoms with Crippen LogP contribution in [0.4, 0.5) is 13.2 Å². The number of nitrogens with zero attached hydrogens (tertiary/aromatic N) is 1. The Balaban J connectivity index is 1.81. The average molecular weight is 380 g/mol. The van der Waals surface area contributed by atoms with Gasteiger partial charge in [0.05, 0.1) is 11.6 Å². The molecule has 0 aromatic heterocycles. The van der Waals surface area contributed by atoms with E-state index in [1.807, 2.05) is 12.2 Å². The van der Waals surface area contributed by atoms with E-state index in [4.69, 9.17) is 0 Å². The molecule has 2 atom stereocenters. The van der Waals surface area contributed by atoms with Crippen LogP contribution in [-0.4, -0.2) is 29.8 Å². The number of benzene rings is 1. The summed E-state index contributed by atoms with van der Waals surface area (Å²) in [6, 6.07) is 4.32. The summed E-state index contributed by atoms with van der Waals surface area (Å²) >= 11 is 0. The van der Waals surface area contributed by atoms with E-state index < -0.39 is 17.8 Å². The van der Waals surface area contributed by atoms with Crippen molar-refractivity contribution in [2.45, 2.75) is 44.3 Å². The Hall–Kier alpha value is -2.31. The summed E-state index contributed by atoms with van der Waals surface area (Å²) in [5, 5.41) is 2.90. The molecule has 2 amide bonds. The molecular formula is C20H23F3N2O2. The molecule has 0 radical (unpaired) electrons. The van der Waals surface area contributed by atoms with Crippen LogP contribution in [0.1, 0.15) is 49.3 Å².